The third-order valence-corrected chi connectivity index (χ3v) is 5.30. The molecule has 3 nitrogen and oxygen atoms in total. The molecule has 0 bridgehead atoms. The van der Waals surface area contributed by atoms with E-state index in [0.717, 1.165) is 42.7 Å². The SMILES string of the molecule is CCC1C(CCC(N)[NH2+]CNI)C1C(C)C(C)C. The maximum atomic E-state index is 6.11. The molecule has 0 aromatic carbocycles. The largest absolute Gasteiger partial charge is 0.319 e. The first-order valence-corrected chi connectivity index (χ1v) is 8.53. The number of nitrogens with one attached hydrogen (secondary N) is 1. The first-order chi connectivity index (χ1) is 8.52. The number of quaternary nitrogens is 1. The quantitative estimate of drug-likeness (QED) is 0.332. The second-order valence-electron chi connectivity index (χ2n) is 6.23. The Hall–Kier alpha value is 0.610. The predicted molar refractivity (Wildman–Crippen MR) is 85.9 cm³/mol. The maximum Gasteiger partial charge on any atom is 0.138 e. The van der Waals surface area contributed by atoms with Crippen molar-refractivity contribution >= 4 is 22.9 Å². The van der Waals surface area contributed by atoms with Crippen molar-refractivity contribution in [3.05, 3.63) is 0 Å². The monoisotopic (exact) mass is 368 g/mol. The van der Waals surface area contributed by atoms with E-state index in [-0.39, 0.29) is 6.17 Å². The van der Waals surface area contributed by atoms with Crippen LogP contribution in [0.5, 0.6) is 0 Å². The fraction of sp³-hybridized carbons (Fsp3) is 1.00. The topological polar surface area (TPSA) is 54.7 Å². The van der Waals surface area contributed by atoms with E-state index in [2.05, 4.69) is 59.4 Å². The van der Waals surface area contributed by atoms with Gasteiger partial charge in [-0.25, -0.2) is 3.53 Å². The summed E-state index contributed by atoms with van der Waals surface area (Å²) in [6.07, 6.45) is 4.08. The molecule has 0 saturated heterocycles. The van der Waals surface area contributed by atoms with E-state index in [1.54, 1.807) is 0 Å². The highest BCUT2D eigenvalue weighted by Gasteiger charge is 2.51. The van der Waals surface area contributed by atoms with Crippen molar-refractivity contribution in [2.75, 3.05) is 6.67 Å². The van der Waals surface area contributed by atoms with Gasteiger partial charge in [-0.1, -0.05) is 34.1 Å². The highest BCUT2D eigenvalue weighted by atomic mass is 127. The van der Waals surface area contributed by atoms with Crippen LogP contribution in [0, 0.1) is 29.6 Å². The lowest BCUT2D eigenvalue weighted by atomic mass is 9.90. The van der Waals surface area contributed by atoms with E-state index in [9.17, 15) is 0 Å². The number of hydrogen-bond donors (Lipinski definition) is 3. The average molecular weight is 368 g/mol. The van der Waals surface area contributed by atoms with E-state index in [1.807, 2.05) is 0 Å². The lowest BCUT2D eigenvalue weighted by molar-refractivity contribution is -0.690. The van der Waals surface area contributed by atoms with Crippen molar-refractivity contribution in [2.45, 2.75) is 53.1 Å². The molecule has 1 aliphatic carbocycles. The minimum atomic E-state index is 0.264. The second kappa shape index (κ2) is 8.02. The van der Waals surface area contributed by atoms with Gasteiger partial charge in [-0.05, 0) is 36.0 Å². The third-order valence-electron chi connectivity index (χ3n) is 4.86. The van der Waals surface area contributed by atoms with Crippen molar-refractivity contribution in [3.63, 3.8) is 0 Å². The Morgan fingerprint density at radius 3 is 2.44 bits per heavy atom. The lowest BCUT2D eigenvalue weighted by Gasteiger charge is -2.16. The minimum Gasteiger partial charge on any atom is -0.319 e. The van der Waals surface area contributed by atoms with Crippen LogP contribution in [0.1, 0.15) is 47.0 Å². The Bertz CT molecular complexity index is 235. The van der Waals surface area contributed by atoms with E-state index < -0.39 is 0 Å². The van der Waals surface area contributed by atoms with Gasteiger partial charge in [-0.15, -0.1) is 0 Å². The molecular formula is C14H31IN3+. The van der Waals surface area contributed by atoms with Crippen LogP contribution in [0.15, 0.2) is 0 Å². The zero-order valence-corrected chi connectivity index (χ0v) is 14.5. The second-order valence-corrected chi connectivity index (χ2v) is 6.99. The molecule has 5 atom stereocenters. The molecule has 1 saturated carbocycles. The van der Waals surface area contributed by atoms with Gasteiger partial charge in [-0.2, -0.15) is 0 Å². The summed E-state index contributed by atoms with van der Waals surface area (Å²) >= 11 is 2.17. The van der Waals surface area contributed by atoms with Gasteiger partial charge in [0, 0.05) is 29.3 Å². The average Bonchev–Trinajstić information content (AvgIpc) is 3.05. The Morgan fingerprint density at radius 1 is 1.28 bits per heavy atom. The molecule has 0 aromatic rings. The Labute approximate surface area is 127 Å². The molecule has 1 fully saturated rings. The molecule has 0 aromatic heterocycles. The summed E-state index contributed by atoms with van der Waals surface area (Å²) in [6, 6.07) is 0. The molecule has 0 heterocycles. The zero-order valence-electron chi connectivity index (χ0n) is 12.3. The van der Waals surface area contributed by atoms with Gasteiger partial charge in [0.2, 0.25) is 0 Å². The summed E-state index contributed by atoms with van der Waals surface area (Å²) in [5.74, 6) is 4.57. The first-order valence-electron chi connectivity index (χ1n) is 7.45. The van der Waals surface area contributed by atoms with Crippen LogP contribution in [0.3, 0.4) is 0 Å². The highest BCUT2D eigenvalue weighted by Crippen LogP contribution is 2.56. The fourth-order valence-corrected chi connectivity index (χ4v) is 3.63. The summed E-state index contributed by atoms with van der Waals surface area (Å²) in [5, 5.41) is 2.19. The smallest absolute Gasteiger partial charge is 0.138 e. The summed E-state index contributed by atoms with van der Waals surface area (Å²) in [4.78, 5) is 0. The molecule has 0 amide bonds. The minimum absolute atomic E-state index is 0.264. The summed E-state index contributed by atoms with van der Waals surface area (Å²) in [5.41, 5.74) is 6.11. The van der Waals surface area contributed by atoms with E-state index >= 15 is 0 Å². The molecular weight excluding hydrogens is 337 g/mol. The van der Waals surface area contributed by atoms with Gasteiger partial charge in [0.25, 0.3) is 0 Å². The molecule has 1 rings (SSSR count). The maximum absolute atomic E-state index is 6.11. The van der Waals surface area contributed by atoms with Crippen LogP contribution in [-0.2, 0) is 0 Å². The van der Waals surface area contributed by atoms with Crippen LogP contribution in [0.25, 0.3) is 0 Å². The Kier molecular flexibility index (Phi) is 7.43. The van der Waals surface area contributed by atoms with Crippen molar-refractivity contribution in [2.24, 2.45) is 35.3 Å². The lowest BCUT2D eigenvalue weighted by Crippen LogP contribution is -2.94. The van der Waals surface area contributed by atoms with Gasteiger partial charge in [-0.3, -0.25) is 5.73 Å². The van der Waals surface area contributed by atoms with Gasteiger partial charge in [0.15, 0.2) is 0 Å². The van der Waals surface area contributed by atoms with E-state index in [1.165, 1.54) is 12.8 Å². The molecule has 18 heavy (non-hydrogen) atoms. The standard InChI is InChI=1S/C14H30IN3/c1-5-11-12(14(11)10(4)9(2)3)6-7-13(16)17-8-18-15/h9-14,17-18H,5-8,16H2,1-4H3/p+1. The van der Waals surface area contributed by atoms with Crippen LogP contribution >= 0.6 is 22.9 Å². The number of rotatable bonds is 9. The van der Waals surface area contributed by atoms with E-state index in [4.69, 9.17) is 5.73 Å². The summed E-state index contributed by atoms with van der Waals surface area (Å²) in [6.45, 7) is 10.4. The summed E-state index contributed by atoms with van der Waals surface area (Å²) < 4.78 is 3.10. The van der Waals surface area contributed by atoms with Crippen LogP contribution < -0.4 is 14.6 Å². The van der Waals surface area contributed by atoms with Crippen molar-refractivity contribution in [1.82, 2.24) is 3.53 Å². The molecule has 0 radical (unpaired) electrons. The Morgan fingerprint density at radius 2 is 1.94 bits per heavy atom. The number of halogens is 1. The van der Waals surface area contributed by atoms with Gasteiger partial charge >= 0.3 is 0 Å². The van der Waals surface area contributed by atoms with Crippen molar-refractivity contribution < 1.29 is 5.32 Å². The summed E-state index contributed by atoms with van der Waals surface area (Å²) in [7, 11) is 0. The molecule has 0 aliphatic heterocycles. The fourth-order valence-electron chi connectivity index (χ4n) is 3.38. The number of nitrogens with two attached hydrogens (primary N) is 2. The zero-order chi connectivity index (χ0) is 13.7. The van der Waals surface area contributed by atoms with Gasteiger partial charge in [0.1, 0.15) is 12.8 Å². The third kappa shape index (κ3) is 4.62. The number of hydrogen-bond acceptors (Lipinski definition) is 2. The molecule has 108 valence electrons. The molecule has 5 N–H and O–H groups in total. The van der Waals surface area contributed by atoms with Crippen molar-refractivity contribution in [1.29, 1.82) is 0 Å². The Balaban J connectivity index is 2.30. The van der Waals surface area contributed by atoms with Gasteiger partial charge in [0.05, 0.1) is 0 Å². The van der Waals surface area contributed by atoms with Crippen LogP contribution in [0.4, 0.5) is 0 Å². The van der Waals surface area contributed by atoms with Crippen LogP contribution in [0.2, 0.25) is 0 Å². The van der Waals surface area contributed by atoms with E-state index in [0.29, 0.717) is 0 Å². The normalized spacial score (nSPS) is 30.5. The van der Waals surface area contributed by atoms with Crippen LogP contribution in [-0.4, -0.2) is 12.8 Å². The molecule has 1 aliphatic rings. The van der Waals surface area contributed by atoms with Gasteiger partial charge < -0.3 is 5.32 Å². The highest BCUT2D eigenvalue weighted by molar-refractivity contribution is 14.1. The molecule has 0 spiro atoms. The molecule has 5 unspecified atom stereocenters. The predicted octanol–water partition coefficient (Wildman–Crippen LogP) is 2.08. The molecule has 4 heteroatoms. The van der Waals surface area contributed by atoms with Crippen molar-refractivity contribution in [3.8, 4) is 0 Å². The first kappa shape index (κ1) is 16.7.